The molecule has 1 aromatic rings. The van der Waals surface area contributed by atoms with Gasteiger partial charge in [-0.25, -0.2) is 4.79 Å². The van der Waals surface area contributed by atoms with E-state index in [4.69, 9.17) is 9.84 Å². The van der Waals surface area contributed by atoms with E-state index in [1.54, 1.807) is 6.07 Å². The normalized spacial score (nSPS) is 16.2. The summed E-state index contributed by atoms with van der Waals surface area (Å²) >= 11 is 0. The van der Waals surface area contributed by atoms with Crippen LogP contribution in [0.4, 0.5) is 5.69 Å². The van der Waals surface area contributed by atoms with Crippen molar-refractivity contribution in [1.29, 1.82) is 0 Å². The van der Waals surface area contributed by atoms with Gasteiger partial charge in [0.2, 0.25) is 0 Å². The van der Waals surface area contributed by atoms with E-state index in [-0.39, 0.29) is 11.3 Å². The number of aromatic carboxylic acids is 1. The van der Waals surface area contributed by atoms with E-state index in [1.165, 1.54) is 12.1 Å². The smallest absolute Gasteiger partial charge is 0.342 e. The quantitative estimate of drug-likeness (QED) is 0.648. The number of nitro groups is 1. The first-order valence-electron chi connectivity index (χ1n) is 5.88. The van der Waals surface area contributed by atoms with Gasteiger partial charge in [-0.15, -0.1) is 0 Å². The van der Waals surface area contributed by atoms with Gasteiger partial charge in [0.1, 0.15) is 5.56 Å². The average molecular weight is 266 g/mol. The summed E-state index contributed by atoms with van der Waals surface area (Å²) in [6, 6.07) is 4.22. The zero-order chi connectivity index (χ0) is 13.8. The number of hydrogen-bond donors (Lipinski definition) is 1. The van der Waals surface area contributed by atoms with Crippen molar-refractivity contribution in [3.8, 4) is 0 Å². The molecule has 7 heteroatoms. The Morgan fingerprint density at radius 1 is 1.42 bits per heavy atom. The highest BCUT2D eigenvalue weighted by molar-refractivity contribution is 5.92. The lowest BCUT2D eigenvalue weighted by Gasteiger charge is -2.26. The van der Waals surface area contributed by atoms with E-state index in [9.17, 15) is 14.9 Å². The maximum atomic E-state index is 11.0. The molecule has 19 heavy (non-hydrogen) atoms. The topological polar surface area (TPSA) is 92.9 Å². The number of nitro benzene ring substituents is 1. The minimum Gasteiger partial charge on any atom is -0.477 e. The molecule has 0 amide bonds. The third-order valence-electron chi connectivity index (χ3n) is 3.00. The van der Waals surface area contributed by atoms with Crippen LogP contribution in [0.1, 0.15) is 15.9 Å². The van der Waals surface area contributed by atoms with Crippen molar-refractivity contribution in [3.05, 3.63) is 39.4 Å². The number of nitrogens with zero attached hydrogens (tertiary/aromatic N) is 2. The van der Waals surface area contributed by atoms with Crippen LogP contribution in [-0.4, -0.2) is 47.2 Å². The van der Waals surface area contributed by atoms with Crippen molar-refractivity contribution in [2.75, 3.05) is 26.3 Å². The van der Waals surface area contributed by atoms with Crippen LogP contribution < -0.4 is 0 Å². The fourth-order valence-corrected chi connectivity index (χ4v) is 2.03. The highest BCUT2D eigenvalue weighted by atomic mass is 16.6. The molecule has 0 bridgehead atoms. The van der Waals surface area contributed by atoms with E-state index < -0.39 is 10.9 Å². The van der Waals surface area contributed by atoms with Crippen LogP contribution in [0.15, 0.2) is 18.2 Å². The fourth-order valence-electron chi connectivity index (χ4n) is 2.03. The molecule has 1 N–H and O–H groups in total. The first kappa shape index (κ1) is 13.4. The van der Waals surface area contributed by atoms with Crippen LogP contribution in [0.5, 0.6) is 0 Å². The molecule has 0 radical (unpaired) electrons. The molecule has 0 aliphatic carbocycles. The number of carboxylic acid groups (broad SMARTS) is 1. The molecule has 0 aromatic heterocycles. The highest BCUT2D eigenvalue weighted by Crippen LogP contribution is 2.21. The molecule has 0 atom stereocenters. The van der Waals surface area contributed by atoms with Gasteiger partial charge in [-0.2, -0.15) is 0 Å². The number of hydrogen-bond acceptors (Lipinski definition) is 5. The lowest BCUT2D eigenvalue weighted by molar-refractivity contribution is -0.385. The van der Waals surface area contributed by atoms with Crippen LogP contribution >= 0.6 is 0 Å². The largest absolute Gasteiger partial charge is 0.477 e. The summed E-state index contributed by atoms with van der Waals surface area (Å²) in [4.78, 5) is 23.2. The standard InChI is InChI=1S/C12H14N2O5/c15-12(16)10-7-9(1-2-11(10)14(17)18)8-13-3-5-19-6-4-13/h1-2,7H,3-6,8H2,(H,15,16). The number of carbonyl (C=O) groups is 1. The van der Waals surface area contributed by atoms with E-state index in [1.807, 2.05) is 0 Å². The maximum Gasteiger partial charge on any atom is 0.342 e. The molecule has 1 fully saturated rings. The molecular weight excluding hydrogens is 252 g/mol. The molecule has 0 spiro atoms. The molecule has 102 valence electrons. The molecule has 1 heterocycles. The summed E-state index contributed by atoms with van der Waals surface area (Å²) in [6.45, 7) is 3.43. The van der Waals surface area contributed by atoms with Gasteiger partial charge in [-0.3, -0.25) is 15.0 Å². The SMILES string of the molecule is O=C(O)c1cc(CN2CCOCC2)ccc1[N+](=O)[O-]. The zero-order valence-corrected chi connectivity index (χ0v) is 10.2. The molecule has 1 aliphatic rings. The van der Waals surface area contributed by atoms with E-state index in [0.717, 1.165) is 18.7 Å². The first-order valence-corrected chi connectivity index (χ1v) is 5.88. The molecule has 7 nitrogen and oxygen atoms in total. The number of benzene rings is 1. The number of rotatable bonds is 4. The summed E-state index contributed by atoms with van der Waals surface area (Å²) < 4.78 is 5.22. The van der Waals surface area contributed by atoms with Gasteiger partial charge >= 0.3 is 5.97 Å². The van der Waals surface area contributed by atoms with Gasteiger partial charge in [0.15, 0.2) is 0 Å². The Labute approximate surface area is 109 Å². The van der Waals surface area contributed by atoms with Crippen molar-refractivity contribution in [3.63, 3.8) is 0 Å². The van der Waals surface area contributed by atoms with Crippen LogP contribution in [0, 0.1) is 10.1 Å². The summed E-state index contributed by atoms with van der Waals surface area (Å²) in [5.74, 6) is -1.28. The third-order valence-corrected chi connectivity index (χ3v) is 3.00. The maximum absolute atomic E-state index is 11.0. The van der Waals surface area contributed by atoms with Crippen LogP contribution in [0.25, 0.3) is 0 Å². The molecule has 2 rings (SSSR count). The van der Waals surface area contributed by atoms with E-state index in [2.05, 4.69) is 4.90 Å². The second kappa shape index (κ2) is 5.77. The zero-order valence-electron chi connectivity index (χ0n) is 10.2. The summed E-state index contributed by atoms with van der Waals surface area (Å²) in [5.41, 5.74) is 0.110. The van der Waals surface area contributed by atoms with Crippen LogP contribution in [-0.2, 0) is 11.3 Å². The van der Waals surface area contributed by atoms with Crippen molar-refractivity contribution in [1.82, 2.24) is 4.90 Å². The number of morpholine rings is 1. The Kier molecular flexibility index (Phi) is 4.08. The molecule has 1 aliphatic heterocycles. The lowest BCUT2D eigenvalue weighted by Crippen LogP contribution is -2.35. The molecule has 0 saturated carbocycles. The van der Waals surface area contributed by atoms with E-state index in [0.29, 0.717) is 19.8 Å². The van der Waals surface area contributed by atoms with E-state index >= 15 is 0 Å². The predicted molar refractivity (Wildman–Crippen MR) is 66.2 cm³/mol. The Bertz CT molecular complexity index is 497. The second-order valence-electron chi connectivity index (χ2n) is 4.30. The van der Waals surface area contributed by atoms with Crippen molar-refractivity contribution >= 4 is 11.7 Å². The van der Waals surface area contributed by atoms with Gasteiger partial charge in [0.05, 0.1) is 18.1 Å². The van der Waals surface area contributed by atoms with Crippen molar-refractivity contribution in [2.45, 2.75) is 6.54 Å². The minimum absolute atomic E-state index is 0.268. The Hall–Kier alpha value is -1.99. The van der Waals surface area contributed by atoms with Crippen molar-refractivity contribution < 1.29 is 19.6 Å². The molecular formula is C12H14N2O5. The van der Waals surface area contributed by atoms with Crippen LogP contribution in [0.3, 0.4) is 0 Å². The molecule has 1 saturated heterocycles. The van der Waals surface area contributed by atoms with Gasteiger partial charge in [0, 0.05) is 25.7 Å². The first-order chi connectivity index (χ1) is 9.08. The number of ether oxygens (including phenoxy) is 1. The Balaban J connectivity index is 2.20. The van der Waals surface area contributed by atoms with Crippen molar-refractivity contribution in [2.24, 2.45) is 0 Å². The Morgan fingerprint density at radius 2 is 2.11 bits per heavy atom. The summed E-state index contributed by atoms with van der Waals surface area (Å²) in [5, 5.41) is 19.7. The average Bonchev–Trinajstić information content (AvgIpc) is 2.39. The Morgan fingerprint density at radius 3 is 2.68 bits per heavy atom. The second-order valence-corrected chi connectivity index (χ2v) is 4.30. The fraction of sp³-hybridized carbons (Fsp3) is 0.417. The van der Waals surface area contributed by atoms with Gasteiger partial charge in [-0.05, 0) is 11.6 Å². The number of carboxylic acids is 1. The summed E-state index contributed by atoms with van der Waals surface area (Å²) in [7, 11) is 0. The lowest BCUT2D eigenvalue weighted by atomic mass is 10.1. The summed E-state index contributed by atoms with van der Waals surface area (Å²) in [6.07, 6.45) is 0. The minimum atomic E-state index is -1.28. The van der Waals surface area contributed by atoms with Gasteiger partial charge in [0.25, 0.3) is 5.69 Å². The monoisotopic (exact) mass is 266 g/mol. The third kappa shape index (κ3) is 3.27. The van der Waals surface area contributed by atoms with Crippen LogP contribution in [0.2, 0.25) is 0 Å². The van der Waals surface area contributed by atoms with Gasteiger partial charge in [-0.1, -0.05) is 6.07 Å². The predicted octanol–water partition coefficient (Wildman–Crippen LogP) is 1.13. The highest BCUT2D eigenvalue weighted by Gasteiger charge is 2.20. The van der Waals surface area contributed by atoms with Gasteiger partial charge < -0.3 is 9.84 Å². The molecule has 0 unspecified atom stereocenters. The molecule has 1 aromatic carbocycles.